The fraction of sp³-hybridized carbons (Fsp3) is 0.0909. The van der Waals surface area contributed by atoms with Gasteiger partial charge in [0.25, 0.3) is 0 Å². The number of rotatable bonds is 1. The first kappa shape index (κ1) is 9.58. The van der Waals surface area contributed by atoms with Gasteiger partial charge in [-0.25, -0.2) is 14.2 Å². The maximum absolute atomic E-state index is 12.6. The Morgan fingerprint density at radius 1 is 1.33 bits per heavy atom. The number of cyclic esters (lactones) is 1. The van der Waals surface area contributed by atoms with Gasteiger partial charge in [0.05, 0.1) is 0 Å². The van der Waals surface area contributed by atoms with Crippen molar-refractivity contribution in [3.05, 3.63) is 41.3 Å². The van der Waals surface area contributed by atoms with Gasteiger partial charge in [-0.1, -0.05) is 12.1 Å². The summed E-state index contributed by atoms with van der Waals surface area (Å²) < 4.78 is 17.3. The minimum Gasteiger partial charge on any atom is -0.407 e. The Hall–Kier alpha value is -1.97. The normalized spacial score (nSPS) is 17.9. The number of ether oxygens (including phenoxy) is 1. The molecule has 0 spiro atoms. The highest BCUT2D eigenvalue weighted by atomic mass is 19.1. The molecular formula is C11H8FNO2. The van der Waals surface area contributed by atoms with Gasteiger partial charge < -0.3 is 4.74 Å². The largest absolute Gasteiger partial charge is 0.407 e. The van der Waals surface area contributed by atoms with Gasteiger partial charge in [0.15, 0.2) is 11.6 Å². The van der Waals surface area contributed by atoms with Gasteiger partial charge in [-0.05, 0) is 23.8 Å². The minimum absolute atomic E-state index is 0.235. The van der Waals surface area contributed by atoms with Crippen molar-refractivity contribution in [1.82, 2.24) is 0 Å². The number of nitrogens with zero attached hydrogens (tertiary/aromatic N) is 1. The highest BCUT2D eigenvalue weighted by Gasteiger charge is 2.19. The summed E-state index contributed by atoms with van der Waals surface area (Å²) >= 11 is 0. The summed E-state index contributed by atoms with van der Waals surface area (Å²) in [5.74, 6) is -0.462. The maximum atomic E-state index is 12.6. The van der Waals surface area contributed by atoms with Crippen molar-refractivity contribution in [1.29, 1.82) is 0 Å². The summed E-state index contributed by atoms with van der Waals surface area (Å²) in [6, 6.07) is 5.78. The van der Waals surface area contributed by atoms with E-state index in [2.05, 4.69) is 4.99 Å². The summed E-state index contributed by atoms with van der Waals surface area (Å²) in [5.41, 5.74) is 0.945. The molecule has 2 rings (SSSR count). The third-order valence-corrected chi connectivity index (χ3v) is 1.90. The number of halogens is 1. The molecule has 0 aliphatic carbocycles. The first-order chi connectivity index (χ1) is 7.15. The van der Waals surface area contributed by atoms with Gasteiger partial charge >= 0.3 is 5.97 Å². The molecule has 0 radical (unpaired) electrons. The molecule has 1 aliphatic rings. The number of hydrogen-bond donors (Lipinski definition) is 0. The predicted molar refractivity (Wildman–Crippen MR) is 53.6 cm³/mol. The van der Waals surface area contributed by atoms with Gasteiger partial charge in [-0.15, -0.1) is 0 Å². The van der Waals surface area contributed by atoms with E-state index in [1.807, 2.05) is 0 Å². The van der Waals surface area contributed by atoms with Crippen molar-refractivity contribution in [3.63, 3.8) is 0 Å². The molecule has 0 N–H and O–H groups in total. The second kappa shape index (κ2) is 3.65. The standard InChI is InChI=1S/C11H8FNO2/c1-7-13-10(11(14)15-7)6-8-2-4-9(12)5-3-8/h2-6H,1H3/b10-6+. The van der Waals surface area contributed by atoms with Crippen LogP contribution >= 0.6 is 0 Å². The lowest BCUT2D eigenvalue weighted by atomic mass is 10.2. The van der Waals surface area contributed by atoms with E-state index in [9.17, 15) is 9.18 Å². The summed E-state index contributed by atoms with van der Waals surface area (Å²) in [7, 11) is 0. The Kier molecular flexibility index (Phi) is 2.33. The molecule has 76 valence electrons. The lowest BCUT2D eigenvalue weighted by molar-refractivity contribution is -0.130. The second-order valence-electron chi connectivity index (χ2n) is 3.10. The molecule has 0 saturated heterocycles. The zero-order valence-electron chi connectivity index (χ0n) is 8.03. The van der Waals surface area contributed by atoms with E-state index in [4.69, 9.17) is 4.74 Å². The topological polar surface area (TPSA) is 38.7 Å². The van der Waals surface area contributed by atoms with Gasteiger partial charge in [-0.2, -0.15) is 0 Å². The van der Waals surface area contributed by atoms with Crippen LogP contribution in [-0.2, 0) is 9.53 Å². The van der Waals surface area contributed by atoms with E-state index < -0.39 is 5.97 Å². The van der Waals surface area contributed by atoms with Gasteiger partial charge in [-0.3, -0.25) is 0 Å². The summed E-state index contributed by atoms with van der Waals surface area (Å²) in [6.07, 6.45) is 1.55. The first-order valence-corrected chi connectivity index (χ1v) is 4.40. The number of esters is 1. The van der Waals surface area contributed by atoms with E-state index in [0.717, 1.165) is 0 Å². The molecule has 0 aromatic heterocycles. The van der Waals surface area contributed by atoms with Gasteiger partial charge in [0.1, 0.15) is 5.82 Å². The molecule has 1 aromatic carbocycles. The molecule has 0 amide bonds. The summed E-state index contributed by atoms with van der Waals surface area (Å²) in [4.78, 5) is 15.1. The Morgan fingerprint density at radius 3 is 2.53 bits per heavy atom. The van der Waals surface area contributed by atoms with Crippen LogP contribution in [0.4, 0.5) is 4.39 Å². The number of carbonyl (C=O) groups is 1. The van der Waals surface area contributed by atoms with Gasteiger partial charge in [0.2, 0.25) is 0 Å². The van der Waals surface area contributed by atoms with E-state index in [-0.39, 0.29) is 11.5 Å². The fourth-order valence-electron chi connectivity index (χ4n) is 1.23. The van der Waals surface area contributed by atoms with Gasteiger partial charge in [0, 0.05) is 6.92 Å². The molecule has 0 saturated carbocycles. The van der Waals surface area contributed by atoms with E-state index in [1.165, 1.54) is 12.1 Å². The zero-order chi connectivity index (χ0) is 10.8. The van der Waals surface area contributed by atoms with Crippen LogP contribution in [0.3, 0.4) is 0 Å². The molecule has 0 fully saturated rings. The van der Waals surface area contributed by atoms with E-state index >= 15 is 0 Å². The second-order valence-corrected chi connectivity index (χ2v) is 3.10. The number of benzene rings is 1. The van der Waals surface area contributed by atoms with Crippen molar-refractivity contribution in [2.24, 2.45) is 4.99 Å². The predicted octanol–water partition coefficient (Wildman–Crippen LogP) is 2.14. The Labute approximate surface area is 85.9 Å². The molecule has 4 heteroatoms. The third kappa shape index (κ3) is 2.10. The highest BCUT2D eigenvalue weighted by Crippen LogP contribution is 2.15. The van der Waals surface area contributed by atoms with Crippen molar-refractivity contribution < 1.29 is 13.9 Å². The monoisotopic (exact) mass is 205 g/mol. The van der Waals surface area contributed by atoms with E-state index in [0.29, 0.717) is 11.5 Å². The fourth-order valence-corrected chi connectivity index (χ4v) is 1.23. The minimum atomic E-state index is -0.475. The Bertz CT molecular complexity index is 460. The van der Waals surface area contributed by atoms with Crippen molar-refractivity contribution >= 4 is 17.9 Å². The van der Waals surface area contributed by atoms with Crippen LogP contribution in [0.1, 0.15) is 12.5 Å². The Balaban J connectivity index is 2.31. The quantitative estimate of drug-likeness (QED) is 0.520. The molecule has 0 unspecified atom stereocenters. The van der Waals surface area contributed by atoms with Crippen LogP contribution in [0.25, 0.3) is 6.08 Å². The number of aliphatic imine (C=N–C) groups is 1. The number of hydrogen-bond acceptors (Lipinski definition) is 3. The van der Waals surface area contributed by atoms with Crippen LogP contribution in [0, 0.1) is 5.82 Å². The average molecular weight is 205 g/mol. The van der Waals surface area contributed by atoms with Crippen LogP contribution in [-0.4, -0.2) is 11.9 Å². The number of carbonyl (C=O) groups excluding carboxylic acids is 1. The first-order valence-electron chi connectivity index (χ1n) is 4.40. The maximum Gasteiger partial charge on any atom is 0.363 e. The highest BCUT2D eigenvalue weighted by molar-refractivity contribution is 6.06. The lowest BCUT2D eigenvalue weighted by Gasteiger charge is -1.93. The molecule has 0 atom stereocenters. The lowest BCUT2D eigenvalue weighted by Crippen LogP contribution is -1.99. The van der Waals surface area contributed by atoms with Crippen LogP contribution in [0.5, 0.6) is 0 Å². The SMILES string of the molecule is CC1=N/C(=C/c2ccc(F)cc2)C(=O)O1. The molecule has 3 nitrogen and oxygen atoms in total. The molecule has 0 bridgehead atoms. The van der Waals surface area contributed by atoms with Crippen LogP contribution in [0.15, 0.2) is 35.0 Å². The smallest absolute Gasteiger partial charge is 0.363 e. The zero-order valence-corrected chi connectivity index (χ0v) is 8.03. The average Bonchev–Trinajstić information content (AvgIpc) is 2.49. The molecule has 1 aromatic rings. The molecular weight excluding hydrogens is 197 g/mol. The molecule has 15 heavy (non-hydrogen) atoms. The molecule has 1 aliphatic heterocycles. The van der Waals surface area contributed by atoms with Crippen molar-refractivity contribution in [2.45, 2.75) is 6.92 Å². The third-order valence-electron chi connectivity index (χ3n) is 1.90. The van der Waals surface area contributed by atoms with Crippen LogP contribution < -0.4 is 0 Å². The Morgan fingerprint density at radius 2 is 2.00 bits per heavy atom. The van der Waals surface area contributed by atoms with Crippen molar-refractivity contribution in [3.8, 4) is 0 Å². The molecule has 1 heterocycles. The summed E-state index contributed by atoms with van der Waals surface area (Å²) in [6.45, 7) is 1.60. The van der Waals surface area contributed by atoms with Crippen molar-refractivity contribution in [2.75, 3.05) is 0 Å². The van der Waals surface area contributed by atoms with E-state index in [1.54, 1.807) is 25.1 Å². The summed E-state index contributed by atoms with van der Waals surface area (Å²) in [5, 5.41) is 0. The van der Waals surface area contributed by atoms with Crippen LogP contribution in [0.2, 0.25) is 0 Å².